The summed E-state index contributed by atoms with van der Waals surface area (Å²) in [5.74, 6) is -0.378. The van der Waals surface area contributed by atoms with Crippen molar-refractivity contribution in [3.8, 4) is 33.6 Å². The van der Waals surface area contributed by atoms with Crippen molar-refractivity contribution in [2.75, 3.05) is 12.3 Å². The second-order valence-electron chi connectivity index (χ2n) is 9.06. The van der Waals surface area contributed by atoms with Gasteiger partial charge in [-0.3, -0.25) is 4.79 Å². The number of nitrogen functional groups attached to an aromatic ring is 1. The van der Waals surface area contributed by atoms with Crippen LogP contribution in [0.4, 0.5) is 19.1 Å². The van der Waals surface area contributed by atoms with Crippen molar-refractivity contribution in [2.24, 2.45) is 0 Å². The number of anilines is 1. The molecular weight excluding hydrogens is 521 g/mol. The monoisotopic (exact) mass is 546 g/mol. The predicted octanol–water partition coefficient (Wildman–Crippen LogP) is 4.88. The number of H-pyrrole nitrogens is 1. The maximum atomic E-state index is 12.7. The molecule has 0 radical (unpaired) electrons. The topological polar surface area (TPSA) is 127 Å². The van der Waals surface area contributed by atoms with E-state index < -0.39 is 18.6 Å². The van der Waals surface area contributed by atoms with Gasteiger partial charge in [-0.25, -0.2) is 4.98 Å². The van der Waals surface area contributed by atoms with Crippen LogP contribution in [0.25, 0.3) is 33.6 Å². The predicted molar refractivity (Wildman–Crippen MR) is 144 cm³/mol. The Morgan fingerprint density at radius 1 is 0.975 bits per heavy atom. The van der Waals surface area contributed by atoms with Crippen LogP contribution in [-0.2, 0) is 13.0 Å². The highest BCUT2D eigenvalue weighted by molar-refractivity contribution is 5.94. The molecule has 3 aromatic carbocycles. The van der Waals surface area contributed by atoms with Crippen molar-refractivity contribution >= 4 is 11.9 Å². The number of carbonyl (C=O) groups excluding carboxylic acids is 1. The van der Waals surface area contributed by atoms with Crippen molar-refractivity contribution in [3.05, 3.63) is 89.7 Å². The molecular formula is C28H25F3N8O. The first-order valence-electron chi connectivity index (χ1n) is 12.5. The van der Waals surface area contributed by atoms with Gasteiger partial charge in [0, 0.05) is 5.56 Å². The summed E-state index contributed by atoms with van der Waals surface area (Å²) in [4.78, 5) is 16.9. The van der Waals surface area contributed by atoms with Crippen LogP contribution < -0.4 is 11.1 Å². The standard InChI is InChI=1S/C28H25F3N8O/c1-2-23-24(26(40)33-16-28(29,30)31)39(27(32)34-23)15-17-8-10-19(11-9-17)22-14-20(18-6-4-3-5-7-18)12-13-21(22)25-35-37-38-36-25/h3-14H,2,15-16H2,1H3,(H2,32,34)(H,33,40)(H,35,36,37,38). The van der Waals surface area contributed by atoms with Gasteiger partial charge in [-0.1, -0.05) is 67.6 Å². The van der Waals surface area contributed by atoms with Crippen LogP contribution in [0.5, 0.6) is 0 Å². The molecule has 204 valence electrons. The summed E-state index contributed by atoms with van der Waals surface area (Å²) >= 11 is 0. The zero-order valence-electron chi connectivity index (χ0n) is 21.4. The van der Waals surface area contributed by atoms with Gasteiger partial charge in [-0.15, -0.1) is 10.2 Å². The lowest BCUT2D eigenvalue weighted by Gasteiger charge is -2.14. The number of nitrogens with two attached hydrogens (primary N) is 1. The molecule has 5 aromatic rings. The van der Waals surface area contributed by atoms with E-state index in [4.69, 9.17) is 5.73 Å². The van der Waals surface area contributed by atoms with Crippen molar-refractivity contribution in [1.29, 1.82) is 0 Å². The second kappa shape index (κ2) is 11.0. The first-order chi connectivity index (χ1) is 19.2. The van der Waals surface area contributed by atoms with E-state index in [2.05, 4.69) is 31.7 Å². The van der Waals surface area contributed by atoms with Crippen molar-refractivity contribution in [3.63, 3.8) is 0 Å². The molecule has 0 spiro atoms. The fourth-order valence-electron chi connectivity index (χ4n) is 4.48. The third-order valence-electron chi connectivity index (χ3n) is 6.39. The summed E-state index contributed by atoms with van der Waals surface area (Å²) in [6.45, 7) is 0.460. The Bertz CT molecular complexity index is 1610. The number of carbonyl (C=O) groups is 1. The molecule has 5 rings (SSSR count). The number of nitrogens with one attached hydrogen (secondary N) is 2. The molecule has 0 saturated heterocycles. The minimum atomic E-state index is -4.54. The van der Waals surface area contributed by atoms with Gasteiger partial charge < -0.3 is 15.6 Å². The summed E-state index contributed by atoms with van der Waals surface area (Å²) < 4.78 is 39.6. The fraction of sp³-hybridized carbons (Fsp3) is 0.179. The van der Waals surface area contributed by atoms with E-state index >= 15 is 0 Å². The lowest BCUT2D eigenvalue weighted by Crippen LogP contribution is -2.35. The smallest absolute Gasteiger partial charge is 0.369 e. The summed E-state index contributed by atoms with van der Waals surface area (Å²) in [6, 6.07) is 23.5. The highest BCUT2D eigenvalue weighted by Crippen LogP contribution is 2.34. The molecule has 0 atom stereocenters. The number of hydrogen-bond acceptors (Lipinski definition) is 6. The van der Waals surface area contributed by atoms with E-state index in [1.807, 2.05) is 72.0 Å². The number of benzene rings is 3. The van der Waals surface area contributed by atoms with Gasteiger partial charge in [0.1, 0.15) is 12.2 Å². The molecule has 40 heavy (non-hydrogen) atoms. The average molecular weight is 547 g/mol. The number of aryl methyl sites for hydroxylation is 1. The lowest BCUT2D eigenvalue weighted by molar-refractivity contribution is -0.123. The molecule has 2 heterocycles. The largest absolute Gasteiger partial charge is 0.405 e. The Labute approximate surface area is 227 Å². The number of alkyl halides is 3. The number of nitrogens with zero attached hydrogens (tertiary/aromatic N) is 5. The number of aromatic nitrogens is 6. The van der Waals surface area contributed by atoms with Gasteiger partial charge in [-0.2, -0.15) is 18.4 Å². The van der Waals surface area contributed by atoms with Gasteiger partial charge in [0.05, 0.1) is 12.2 Å². The highest BCUT2D eigenvalue weighted by Gasteiger charge is 2.30. The number of rotatable bonds is 8. The number of amides is 1. The normalized spacial score (nSPS) is 11.5. The van der Waals surface area contributed by atoms with Crippen LogP contribution in [0.2, 0.25) is 0 Å². The first kappa shape index (κ1) is 26.6. The Morgan fingerprint density at radius 2 is 1.70 bits per heavy atom. The summed E-state index contributed by atoms with van der Waals surface area (Å²) in [5.41, 5.74) is 11.8. The zero-order chi connectivity index (χ0) is 28.3. The van der Waals surface area contributed by atoms with Crippen molar-refractivity contribution in [1.82, 2.24) is 35.5 Å². The number of hydrogen-bond donors (Lipinski definition) is 3. The molecule has 9 nitrogen and oxygen atoms in total. The number of tetrazole rings is 1. The molecule has 0 aliphatic heterocycles. The second-order valence-corrected chi connectivity index (χ2v) is 9.06. The molecule has 0 bridgehead atoms. The van der Waals surface area contributed by atoms with Gasteiger partial charge >= 0.3 is 6.18 Å². The maximum Gasteiger partial charge on any atom is 0.405 e. The number of halogens is 3. The summed E-state index contributed by atoms with van der Waals surface area (Å²) in [5, 5.41) is 16.4. The number of aromatic amines is 1. The van der Waals surface area contributed by atoms with Crippen molar-refractivity contribution < 1.29 is 18.0 Å². The van der Waals surface area contributed by atoms with E-state index in [1.54, 1.807) is 6.92 Å². The van der Waals surface area contributed by atoms with E-state index in [0.717, 1.165) is 33.4 Å². The molecule has 0 fully saturated rings. The van der Waals surface area contributed by atoms with E-state index in [0.29, 0.717) is 17.9 Å². The molecule has 4 N–H and O–H groups in total. The van der Waals surface area contributed by atoms with Crippen LogP contribution in [0.3, 0.4) is 0 Å². The molecule has 12 heteroatoms. The van der Waals surface area contributed by atoms with Crippen LogP contribution in [0, 0.1) is 0 Å². The molecule has 0 aliphatic rings. The van der Waals surface area contributed by atoms with Crippen LogP contribution in [0.15, 0.2) is 72.8 Å². The lowest BCUT2D eigenvalue weighted by atomic mass is 9.93. The van der Waals surface area contributed by atoms with Crippen molar-refractivity contribution in [2.45, 2.75) is 26.1 Å². The van der Waals surface area contributed by atoms with Gasteiger partial charge in [0.25, 0.3) is 5.91 Å². The molecule has 1 amide bonds. The Hall–Kier alpha value is -5.00. The number of imidazole rings is 1. The Balaban J connectivity index is 1.47. The Morgan fingerprint density at radius 3 is 2.35 bits per heavy atom. The first-order valence-corrected chi connectivity index (χ1v) is 12.5. The van der Waals surface area contributed by atoms with E-state index in [9.17, 15) is 18.0 Å². The van der Waals surface area contributed by atoms with Crippen LogP contribution >= 0.6 is 0 Å². The fourth-order valence-corrected chi connectivity index (χ4v) is 4.48. The molecule has 0 saturated carbocycles. The zero-order valence-corrected chi connectivity index (χ0v) is 21.4. The summed E-state index contributed by atoms with van der Waals surface area (Å²) in [6.07, 6.45) is -4.20. The highest BCUT2D eigenvalue weighted by atomic mass is 19.4. The molecule has 2 aromatic heterocycles. The minimum absolute atomic E-state index is 0.0169. The average Bonchev–Trinajstić information content (AvgIpc) is 3.60. The third kappa shape index (κ3) is 5.70. The van der Waals surface area contributed by atoms with E-state index in [1.165, 1.54) is 4.57 Å². The molecule has 0 aliphatic carbocycles. The Kier molecular flexibility index (Phi) is 7.32. The molecule has 0 unspecified atom stereocenters. The van der Waals surface area contributed by atoms with Crippen LogP contribution in [-0.4, -0.2) is 48.8 Å². The summed E-state index contributed by atoms with van der Waals surface area (Å²) in [7, 11) is 0. The third-order valence-corrected chi connectivity index (χ3v) is 6.39. The maximum absolute atomic E-state index is 12.7. The van der Waals surface area contributed by atoms with Gasteiger partial charge in [0.15, 0.2) is 0 Å². The van der Waals surface area contributed by atoms with Gasteiger partial charge in [0.2, 0.25) is 11.8 Å². The minimum Gasteiger partial charge on any atom is -0.369 e. The van der Waals surface area contributed by atoms with E-state index in [-0.39, 0.29) is 18.2 Å². The van der Waals surface area contributed by atoms with Gasteiger partial charge in [-0.05, 0) is 51.6 Å². The quantitative estimate of drug-likeness (QED) is 0.255. The van der Waals surface area contributed by atoms with Crippen LogP contribution in [0.1, 0.15) is 28.7 Å². The SMILES string of the molecule is CCc1nc(N)n(Cc2ccc(-c3cc(-c4ccccc4)ccc3-c3nn[nH]n3)cc2)c1C(=O)NCC(F)(F)F.